The molecule has 0 spiro atoms. The van der Waals surface area contributed by atoms with Gasteiger partial charge >= 0.3 is 12.1 Å². The fourth-order valence-corrected chi connectivity index (χ4v) is 4.28. The molecule has 1 aliphatic carbocycles. The minimum absolute atomic E-state index is 0.0318. The van der Waals surface area contributed by atoms with Gasteiger partial charge in [-0.15, -0.1) is 0 Å². The number of ether oxygens (including phenoxy) is 2. The Balaban J connectivity index is 1.53. The number of esters is 1. The normalized spacial score (nSPS) is 13.3. The van der Waals surface area contributed by atoms with Gasteiger partial charge in [-0.2, -0.15) is 0 Å². The van der Waals surface area contributed by atoms with E-state index >= 15 is 0 Å². The fourth-order valence-electron chi connectivity index (χ4n) is 4.28. The second kappa shape index (κ2) is 11.2. The minimum Gasteiger partial charge on any atom is -0.461 e. The highest BCUT2D eigenvalue weighted by atomic mass is 16.5. The first-order chi connectivity index (χ1) is 16.7. The van der Waals surface area contributed by atoms with Crippen molar-refractivity contribution in [3.63, 3.8) is 0 Å². The van der Waals surface area contributed by atoms with Crippen LogP contribution in [0.25, 0.3) is 11.1 Å². The second-order valence-electron chi connectivity index (χ2n) is 9.50. The van der Waals surface area contributed by atoms with Gasteiger partial charge in [0, 0.05) is 25.6 Å². The maximum atomic E-state index is 13.0. The predicted octanol–water partition coefficient (Wildman–Crippen LogP) is 4.52. The largest absolute Gasteiger partial charge is 0.461 e. The molecule has 7 heteroatoms. The van der Waals surface area contributed by atoms with Crippen LogP contribution in [0, 0.1) is 5.41 Å². The Hall–Kier alpha value is -3.61. The SMILES string of the molecule is C=CCOC(=O)C[C@@H](C)N(C)C(=O)C(C)(C)CNC(=O)OCC1c2ccccc2-c2ccccc21. The van der Waals surface area contributed by atoms with E-state index in [9.17, 15) is 14.4 Å². The molecule has 0 unspecified atom stereocenters. The molecule has 2 aromatic rings. The highest BCUT2D eigenvalue weighted by Gasteiger charge is 2.34. The molecule has 1 aliphatic rings. The smallest absolute Gasteiger partial charge is 0.407 e. The summed E-state index contributed by atoms with van der Waals surface area (Å²) >= 11 is 0. The minimum atomic E-state index is -0.889. The summed E-state index contributed by atoms with van der Waals surface area (Å²) in [5.41, 5.74) is 3.71. The summed E-state index contributed by atoms with van der Waals surface area (Å²) in [5, 5.41) is 2.73. The molecular weight excluding hydrogens is 444 g/mol. The van der Waals surface area contributed by atoms with Crippen LogP contribution in [0.5, 0.6) is 0 Å². The van der Waals surface area contributed by atoms with Crippen LogP contribution in [0.2, 0.25) is 0 Å². The average molecular weight is 479 g/mol. The van der Waals surface area contributed by atoms with E-state index in [0.717, 1.165) is 22.3 Å². The van der Waals surface area contributed by atoms with Crippen LogP contribution in [-0.2, 0) is 19.1 Å². The van der Waals surface area contributed by atoms with Crippen molar-refractivity contribution in [3.8, 4) is 11.1 Å². The molecule has 2 amide bonds. The third-order valence-corrected chi connectivity index (χ3v) is 6.40. The van der Waals surface area contributed by atoms with Crippen molar-refractivity contribution in [2.24, 2.45) is 5.41 Å². The standard InChI is InChI=1S/C28H34N2O5/c1-6-15-34-25(31)16-19(2)30(5)26(32)28(3,4)18-29-27(33)35-17-24-22-13-9-7-11-20(22)21-12-8-10-14-23(21)24/h6-14,19,24H,1,15-18H2,2-5H3,(H,29,33)/t19-/m1/s1. The van der Waals surface area contributed by atoms with Crippen LogP contribution in [-0.4, -0.2) is 55.7 Å². The summed E-state index contributed by atoms with van der Waals surface area (Å²) < 4.78 is 10.6. The Labute approximate surface area is 207 Å². The highest BCUT2D eigenvalue weighted by molar-refractivity contribution is 5.84. The number of carbonyl (C=O) groups is 3. The van der Waals surface area contributed by atoms with Crippen LogP contribution < -0.4 is 5.32 Å². The molecule has 0 saturated heterocycles. The van der Waals surface area contributed by atoms with Gasteiger partial charge in [-0.05, 0) is 43.0 Å². The zero-order valence-electron chi connectivity index (χ0n) is 20.9. The number of nitrogens with zero attached hydrogens (tertiary/aromatic N) is 1. The van der Waals surface area contributed by atoms with Gasteiger partial charge in [0.1, 0.15) is 13.2 Å². The van der Waals surface area contributed by atoms with Gasteiger partial charge in [0.25, 0.3) is 0 Å². The Morgan fingerprint density at radius 1 is 1.06 bits per heavy atom. The van der Waals surface area contributed by atoms with Crippen LogP contribution in [0.15, 0.2) is 61.2 Å². The van der Waals surface area contributed by atoms with E-state index in [0.29, 0.717) is 0 Å². The van der Waals surface area contributed by atoms with Crippen LogP contribution >= 0.6 is 0 Å². The van der Waals surface area contributed by atoms with E-state index in [4.69, 9.17) is 9.47 Å². The number of hydrogen-bond donors (Lipinski definition) is 1. The number of hydrogen-bond acceptors (Lipinski definition) is 5. The lowest BCUT2D eigenvalue weighted by molar-refractivity contribution is -0.146. The lowest BCUT2D eigenvalue weighted by Gasteiger charge is -2.33. The van der Waals surface area contributed by atoms with Crippen molar-refractivity contribution in [1.82, 2.24) is 10.2 Å². The van der Waals surface area contributed by atoms with E-state index in [1.54, 1.807) is 27.8 Å². The number of rotatable bonds is 10. The van der Waals surface area contributed by atoms with E-state index in [1.165, 1.54) is 11.0 Å². The number of carbonyl (C=O) groups excluding carboxylic acids is 3. The highest BCUT2D eigenvalue weighted by Crippen LogP contribution is 2.44. The average Bonchev–Trinajstić information content (AvgIpc) is 3.17. The predicted molar refractivity (Wildman–Crippen MR) is 135 cm³/mol. The molecule has 186 valence electrons. The second-order valence-corrected chi connectivity index (χ2v) is 9.50. The molecule has 0 fully saturated rings. The number of amides is 2. The topological polar surface area (TPSA) is 84.9 Å². The summed E-state index contributed by atoms with van der Waals surface area (Å²) in [5.74, 6) is -0.622. The van der Waals surface area contributed by atoms with Gasteiger partial charge in [0.2, 0.25) is 5.91 Å². The Bertz CT molecular complexity index is 1050. The molecule has 3 rings (SSSR count). The van der Waals surface area contributed by atoms with Gasteiger partial charge in [0.05, 0.1) is 11.8 Å². The summed E-state index contributed by atoms with van der Waals surface area (Å²) in [6, 6.07) is 15.9. The molecular formula is C28H34N2O5. The molecule has 0 saturated carbocycles. The van der Waals surface area contributed by atoms with Gasteiger partial charge in [-0.1, -0.05) is 61.2 Å². The molecule has 1 N–H and O–H groups in total. The zero-order valence-corrected chi connectivity index (χ0v) is 20.9. The molecule has 35 heavy (non-hydrogen) atoms. The molecule has 0 heterocycles. The van der Waals surface area contributed by atoms with Crippen molar-refractivity contribution in [2.75, 3.05) is 26.8 Å². The van der Waals surface area contributed by atoms with Gasteiger partial charge in [-0.3, -0.25) is 9.59 Å². The summed E-state index contributed by atoms with van der Waals surface area (Å²) in [6.45, 7) is 9.23. The first-order valence-corrected chi connectivity index (χ1v) is 11.8. The Morgan fingerprint density at radius 3 is 2.20 bits per heavy atom. The van der Waals surface area contributed by atoms with Gasteiger partial charge in [-0.25, -0.2) is 4.79 Å². The van der Waals surface area contributed by atoms with Gasteiger partial charge in [0.15, 0.2) is 0 Å². The van der Waals surface area contributed by atoms with Crippen molar-refractivity contribution >= 4 is 18.0 Å². The number of nitrogens with one attached hydrogen (secondary N) is 1. The quantitative estimate of drug-likeness (QED) is 0.401. The van der Waals surface area contributed by atoms with Crippen LogP contribution in [0.1, 0.15) is 44.2 Å². The van der Waals surface area contributed by atoms with E-state index in [2.05, 4.69) is 36.2 Å². The zero-order chi connectivity index (χ0) is 25.6. The van der Waals surface area contributed by atoms with Crippen molar-refractivity contribution in [3.05, 3.63) is 72.3 Å². The third-order valence-electron chi connectivity index (χ3n) is 6.40. The van der Waals surface area contributed by atoms with Crippen LogP contribution in [0.4, 0.5) is 4.79 Å². The van der Waals surface area contributed by atoms with Crippen molar-refractivity contribution < 1.29 is 23.9 Å². The third kappa shape index (κ3) is 6.10. The number of benzene rings is 2. The number of fused-ring (bicyclic) bond motifs is 3. The monoisotopic (exact) mass is 478 g/mol. The van der Waals surface area contributed by atoms with Crippen molar-refractivity contribution in [1.29, 1.82) is 0 Å². The lowest BCUT2D eigenvalue weighted by Crippen LogP contribution is -2.48. The van der Waals surface area contributed by atoms with E-state index < -0.39 is 17.5 Å². The Morgan fingerprint density at radius 2 is 1.63 bits per heavy atom. The van der Waals surface area contributed by atoms with E-state index in [1.807, 2.05) is 24.3 Å². The van der Waals surface area contributed by atoms with E-state index in [-0.39, 0.29) is 44.0 Å². The number of alkyl carbamates (subject to hydrolysis) is 1. The van der Waals surface area contributed by atoms with Crippen LogP contribution in [0.3, 0.4) is 0 Å². The first-order valence-electron chi connectivity index (χ1n) is 11.8. The molecule has 0 aliphatic heterocycles. The maximum Gasteiger partial charge on any atom is 0.407 e. The molecule has 0 aromatic heterocycles. The molecule has 2 aromatic carbocycles. The molecule has 7 nitrogen and oxygen atoms in total. The first kappa shape index (κ1) is 26.0. The fraction of sp³-hybridized carbons (Fsp3) is 0.393. The lowest BCUT2D eigenvalue weighted by atomic mass is 9.91. The van der Waals surface area contributed by atoms with Crippen molar-refractivity contribution in [2.45, 2.75) is 39.2 Å². The summed E-state index contributed by atoms with van der Waals surface area (Å²) in [6.07, 6.45) is 0.998. The molecule has 0 radical (unpaired) electrons. The maximum absolute atomic E-state index is 13.0. The molecule has 0 bridgehead atoms. The Kier molecular flexibility index (Phi) is 8.33. The summed E-state index contributed by atoms with van der Waals surface area (Å²) in [4.78, 5) is 38.9. The summed E-state index contributed by atoms with van der Waals surface area (Å²) in [7, 11) is 1.64. The van der Waals surface area contributed by atoms with Gasteiger partial charge < -0.3 is 19.7 Å². The molecule has 1 atom stereocenters.